The Kier molecular flexibility index (Phi) is 4.22. The molecule has 0 aromatic carbocycles. The summed E-state index contributed by atoms with van der Waals surface area (Å²) >= 11 is 7.03. The zero-order chi connectivity index (χ0) is 11.4. The number of aromatic nitrogens is 2. The Morgan fingerprint density at radius 3 is 2.88 bits per heavy atom. The number of hydrogen-bond acceptors (Lipinski definition) is 6. The van der Waals surface area contributed by atoms with E-state index in [1.807, 2.05) is 0 Å². The average Bonchev–Trinajstić information content (AvgIpc) is 2.30. The molecule has 0 unspecified atom stereocenters. The lowest BCUT2D eigenvalue weighted by molar-refractivity contribution is 0.122. The second-order valence-electron chi connectivity index (χ2n) is 3.18. The molecule has 0 aliphatic carbocycles. The molecule has 16 heavy (non-hydrogen) atoms. The number of rotatable bonds is 3. The van der Waals surface area contributed by atoms with Gasteiger partial charge in [0, 0.05) is 19.2 Å². The number of anilines is 1. The van der Waals surface area contributed by atoms with Crippen molar-refractivity contribution < 1.29 is 8.92 Å². The quantitative estimate of drug-likeness (QED) is 0.468. The first kappa shape index (κ1) is 11.9. The second-order valence-corrected chi connectivity index (χ2v) is 4.43. The van der Waals surface area contributed by atoms with Crippen molar-refractivity contribution >= 4 is 29.5 Å². The molecule has 0 amide bonds. The summed E-state index contributed by atoms with van der Waals surface area (Å²) in [5.41, 5.74) is 0. The van der Waals surface area contributed by atoms with Gasteiger partial charge < -0.3 is 13.8 Å². The maximum absolute atomic E-state index is 5.93. The maximum Gasteiger partial charge on any atom is 0.218 e. The zero-order valence-corrected chi connectivity index (χ0v) is 10.4. The smallest absolute Gasteiger partial charge is 0.218 e. The number of ether oxygens (including phenoxy) is 1. The molecule has 0 saturated carbocycles. The van der Waals surface area contributed by atoms with Crippen LogP contribution in [-0.2, 0) is 8.92 Å². The Bertz CT molecular complexity index is 361. The van der Waals surface area contributed by atoms with Gasteiger partial charge in [-0.1, -0.05) is 11.6 Å². The summed E-state index contributed by atoms with van der Waals surface area (Å²) in [5.74, 6) is 0.822. The van der Waals surface area contributed by atoms with Gasteiger partial charge in [-0.3, -0.25) is 0 Å². The van der Waals surface area contributed by atoms with Crippen molar-refractivity contribution in [1.82, 2.24) is 9.97 Å². The van der Waals surface area contributed by atoms with E-state index in [-0.39, 0.29) is 0 Å². The molecule has 88 valence electrons. The lowest BCUT2D eigenvalue weighted by Crippen LogP contribution is -2.36. The SMILES string of the molecule is COSc1nc(Cl)cc(N2CCOCC2)n1. The number of hydrogen-bond donors (Lipinski definition) is 0. The van der Waals surface area contributed by atoms with Gasteiger partial charge in [-0.05, 0) is 0 Å². The predicted molar refractivity (Wildman–Crippen MR) is 62.9 cm³/mol. The van der Waals surface area contributed by atoms with Gasteiger partial charge in [-0.15, -0.1) is 0 Å². The fraction of sp³-hybridized carbons (Fsp3) is 0.556. The van der Waals surface area contributed by atoms with Crippen LogP contribution in [-0.4, -0.2) is 43.4 Å². The first-order valence-corrected chi connectivity index (χ1v) is 5.99. The fourth-order valence-electron chi connectivity index (χ4n) is 1.45. The van der Waals surface area contributed by atoms with Gasteiger partial charge in [0.25, 0.3) is 0 Å². The Morgan fingerprint density at radius 2 is 2.19 bits per heavy atom. The topological polar surface area (TPSA) is 47.5 Å². The Hall–Kier alpha value is -0.560. The third-order valence-electron chi connectivity index (χ3n) is 2.15. The van der Waals surface area contributed by atoms with E-state index in [1.54, 1.807) is 13.2 Å². The highest BCUT2D eigenvalue weighted by Crippen LogP contribution is 2.22. The van der Waals surface area contributed by atoms with Crippen molar-refractivity contribution in [3.63, 3.8) is 0 Å². The third kappa shape index (κ3) is 2.98. The van der Waals surface area contributed by atoms with E-state index >= 15 is 0 Å². The monoisotopic (exact) mass is 261 g/mol. The van der Waals surface area contributed by atoms with Gasteiger partial charge in [0.15, 0.2) is 0 Å². The minimum atomic E-state index is 0.427. The third-order valence-corrected chi connectivity index (χ3v) is 2.85. The van der Waals surface area contributed by atoms with Crippen LogP contribution in [0.25, 0.3) is 0 Å². The molecular formula is C9H12ClN3O2S. The molecule has 0 atom stereocenters. The van der Waals surface area contributed by atoms with Gasteiger partial charge in [0.1, 0.15) is 11.0 Å². The summed E-state index contributed by atoms with van der Waals surface area (Å²) in [7, 11) is 1.57. The molecule has 0 N–H and O–H groups in total. The van der Waals surface area contributed by atoms with Gasteiger partial charge in [0.05, 0.1) is 32.4 Å². The highest BCUT2D eigenvalue weighted by Gasteiger charge is 2.14. The van der Waals surface area contributed by atoms with Crippen LogP contribution in [0.4, 0.5) is 5.82 Å². The molecule has 2 heterocycles. The molecule has 0 radical (unpaired) electrons. The van der Waals surface area contributed by atoms with E-state index in [1.165, 1.54) is 0 Å². The molecule has 2 rings (SSSR count). The van der Waals surface area contributed by atoms with Crippen molar-refractivity contribution in [2.45, 2.75) is 5.16 Å². The van der Waals surface area contributed by atoms with Crippen LogP contribution in [0.5, 0.6) is 0 Å². The number of nitrogens with zero attached hydrogens (tertiary/aromatic N) is 3. The van der Waals surface area contributed by atoms with Crippen molar-refractivity contribution in [1.29, 1.82) is 0 Å². The average molecular weight is 262 g/mol. The highest BCUT2D eigenvalue weighted by atomic mass is 35.5. The largest absolute Gasteiger partial charge is 0.378 e. The number of halogens is 1. The lowest BCUT2D eigenvalue weighted by Gasteiger charge is -2.27. The van der Waals surface area contributed by atoms with Crippen LogP contribution in [0.3, 0.4) is 0 Å². The first-order valence-electron chi connectivity index (χ1n) is 4.87. The molecule has 1 aliphatic heterocycles. The minimum Gasteiger partial charge on any atom is -0.378 e. The summed E-state index contributed by atoms with van der Waals surface area (Å²) in [4.78, 5) is 10.5. The number of morpholine rings is 1. The van der Waals surface area contributed by atoms with Crippen LogP contribution in [0.1, 0.15) is 0 Å². The Labute approximate surface area is 103 Å². The van der Waals surface area contributed by atoms with E-state index in [9.17, 15) is 0 Å². The highest BCUT2D eigenvalue weighted by molar-refractivity contribution is 7.94. The van der Waals surface area contributed by atoms with E-state index in [4.69, 9.17) is 20.5 Å². The van der Waals surface area contributed by atoms with Crippen molar-refractivity contribution in [3.05, 3.63) is 11.2 Å². The summed E-state index contributed by atoms with van der Waals surface area (Å²) in [6.07, 6.45) is 0. The van der Waals surface area contributed by atoms with Crippen molar-refractivity contribution in [2.24, 2.45) is 0 Å². The van der Waals surface area contributed by atoms with E-state index in [0.29, 0.717) is 23.5 Å². The molecule has 5 nitrogen and oxygen atoms in total. The van der Waals surface area contributed by atoms with Gasteiger partial charge >= 0.3 is 0 Å². The predicted octanol–water partition coefficient (Wildman–Crippen LogP) is 1.62. The van der Waals surface area contributed by atoms with Crippen LogP contribution in [0.2, 0.25) is 5.15 Å². The van der Waals surface area contributed by atoms with E-state index in [2.05, 4.69) is 14.9 Å². The Morgan fingerprint density at radius 1 is 1.44 bits per heavy atom. The van der Waals surface area contributed by atoms with E-state index < -0.39 is 0 Å². The minimum absolute atomic E-state index is 0.427. The normalized spacial score (nSPS) is 16.5. The molecule has 1 aromatic heterocycles. The second kappa shape index (κ2) is 5.67. The van der Waals surface area contributed by atoms with Crippen molar-refractivity contribution in [3.8, 4) is 0 Å². The van der Waals surface area contributed by atoms with Crippen LogP contribution in [0.15, 0.2) is 11.2 Å². The zero-order valence-electron chi connectivity index (χ0n) is 8.85. The summed E-state index contributed by atoms with van der Waals surface area (Å²) in [6, 6.07) is 1.76. The molecule has 7 heteroatoms. The molecule has 1 aliphatic rings. The fourth-order valence-corrected chi connectivity index (χ4v) is 2.09. The van der Waals surface area contributed by atoms with Gasteiger partial charge in [-0.25, -0.2) is 9.97 Å². The molecule has 1 saturated heterocycles. The molecule has 0 bridgehead atoms. The van der Waals surface area contributed by atoms with Crippen molar-refractivity contribution in [2.75, 3.05) is 38.3 Å². The van der Waals surface area contributed by atoms with E-state index in [0.717, 1.165) is 31.0 Å². The summed E-state index contributed by atoms with van der Waals surface area (Å²) < 4.78 is 10.2. The molecule has 1 aromatic rings. The van der Waals surface area contributed by atoms with Crippen LogP contribution in [0, 0.1) is 0 Å². The summed E-state index contributed by atoms with van der Waals surface area (Å²) in [6.45, 7) is 3.08. The van der Waals surface area contributed by atoms with Crippen LogP contribution < -0.4 is 4.90 Å². The maximum atomic E-state index is 5.93. The first-order chi connectivity index (χ1) is 7.79. The summed E-state index contributed by atoms with van der Waals surface area (Å²) in [5, 5.41) is 0.951. The van der Waals surface area contributed by atoms with Gasteiger partial charge in [0.2, 0.25) is 5.16 Å². The van der Waals surface area contributed by atoms with Gasteiger partial charge in [-0.2, -0.15) is 0 Å². The molecule has 1 fully saturated rings. The molecule has 0 spiro atoms. The van der Waals surface area contributed by atoms with Crippen LogP contribution >= 0.6 is 23.6 Å². The Balaban J connectivity index is 2.18. The molecular weight excluding hydrogens is 250 g/mol. The standard InChI is InChI=1S/C9H12ClN3O2S/c1-14-16-9-11-7(10)6-8(12-9)13-2-4-15-5-3-13/h6H,2-5H2,1H3. The lowest BCUT2D eigenvalue weighted by atomic mass is 10.4.